The van der Waals surface area contributed by atoms with Crippen molar-refractivity contribution in [1.29, 1.82) is 0 Å². The molecule has 0 unspecified atom stereocenters. The molecule has 0 spiro atoms. The molecule has 2 aromatic rings. The summed E-state index contributed by atoms with van der Waals surface area (Å²) in [6.45, 7) is 6.67. The van der Waals surface area contributed by atoms with Gasteiger partial charge in [-0.2, -0.15) is 0 Å². The molecule has 2 aromatic carbocycles. The van der Waals surface area contributed by atoms with Crippen molar-refractivity contribution in [3.63, 3.8) is 0 Å². The van der Waals surface area contributed by atoms with E-state index in [0.29, 0.717) is 37.5 Å². The van der Waals surface area contributed by atoms with Crippen molar-refractivity contribution in [1.82, 2.24) is 0 Å². The van der Waals surface area contributed by atoms with Crippen LogP contribution in [0.25, 0.3) is 5.57 Å². The highest BCUT2D eigenvalue weighted by atomic mass is 16.5. The van der Waals surface area contributed by atoms with Crippen LogP contribution in [0.5, 0.6) is 5.75 Å². The second-order valence-corrected chi connectivity index (χ2v) is 7.72. The zero-order valence-electron chi connectivity index (χ0n) is 19.5. The van der Waals surface area contributed by atoms with Crippen LogP contribution in [0.4, 0.5) is 5.69 Å². The number of rotatable bonds is 13. The number of carbonyl (C=O) groups excluding carboxylic acids is 2. The van der Waals surface area contributed by atoms with Gasteiger partial charge in [-0.25, -0.2) is 0 Å². The van der Waals surface area contributed by atoms with E-state index >= 15 is 0 Å². The molecule has 0 radical (unpaired) electrons. The molecular formula is C27H35NO4. The first-order chi connectivity index (χ1) is 15.5. The van der Waals surface area contributed by atoms with E-state index in [2.05, 4.69) is 36.5 Å². The molecule has 2 rings (SSSR count). The van der Waals surface area contributed by atoms with Gasteiger partial charge in [0.1, 0.15) is 5.75 Å². The van der Waals surface area contributed by atoms with Crippen LogP contribution >= 0.6 is 0 Å². The van der Waals surface area contributed by atoms with Crippen molar-refractivity contribution >= 4 is 23.1 Å². The van der Waals surface area contributed by atoms with E-state index in [-0.39, 0.29) is 11.9 Å². The second-order valence-electron chi connectivity index (χ2n) is 7.72. The second kappa shape index (κ2) is 14.1. The number of anilines is 1. The van der Waals surface area contributed by atoms with Gasteiger partial charge in [0.2, 0.25) is 5.91 Å². The summed E-state index contributed by atoms with van der Waals surface area (Å²) in [7, 11) is 0. The third kappa shape index (κ3) is 8.96. The Kier molecular flexibility index (Phi) is 11.1. The number of carbonyl (C=O) groups is 2. The Balaban J connectivity index is 1.91. The fraction of sp³-hybridized carbons (Fsp3) is 0.407. The van der Waals surface area contributed by atoms with E-state index in [9.17, 15) is 9.59 Å². The Hall–Kier alpha value is -3.08. The lowest BCUT2D eigenvalue weighted by atomic mass is 10.0. The van der Waals surface area contributed by atoms with Gasteiger partial charge >= 0.3 is 5.97 Å². The molecular weight excluding hydrogens is 402 g/mol. The lowest BCUT2D eigenvalue weighted by Gasteiger charge is -2.12. The van der Waals surface area contributed by atoms with E-state index in [0.717, 1.165) is 17.6 Å². The maximum Gasteiger partial charge on any atom is 0.305 e. The van der Waals surface area contributed by atoms with Crippen LogP contribution in [0.2, 0.25) is 0 Å². The highest BCUT2D eigenvalue weighted by Gasteiger charge is 2.08. The summed E-state index contributed by atoms with van der Waals surface area (Å²) in [6, 6.07) is 15.7. The molecule has 5 heteroatoms. The van der Waals surface area contributed by atoms with E-state index in [1.54, 1.807) is 25.1 Å². The Morgan fingerprint density at radius 3 is 2.44 bits per heavy atom. The summed E-state index contributed by atoms with van der Waals surface area (Å²) >= 11 is 0. The van der Waals surface area contributed by atoms with Crippen LogP contribution in [0, 0.1) is 0 Å². The predicted molar refractivity (Wildman–Crippen MR) is 130 cm³/mol. The SMILES string of the molecule is CCCCCc1ccc(C(C)=CC(=O)Nc2ccccc2OCCCC(=O)OCC)cc1. The maximum absolute atomic E-state index is 12.6. The number of esters is 1. The summed E-state index contributed by atoms with van der Waals surface area (Å²) in [5, 5.41) is 2.89. The highest BCUT2D eigenvalue weighted by molar-refractivity contribution is 6.04. The van der Waals surface area contributed by atoms with Crippen molar-refractivity contribution < 1.29 is 19.1 Å². The normalized spacial score (nSPS) is 11.2. The molecule has 0 bridgehead atoms. The average Bonchev–Trinajstić information content (AvgIpc) is 2.78. The number of hydrogen-bond acceptors (Lipinski definition) is 4. The van der Waals surface area contributed by atoms with E-state index in [1.165, 1.54) is 24.8 Å². The van der Waals surface area contributed by atoms with Gasteiger partial charge < -0.3 is 14.8 Å². The summed E-state index contributed by atoms with van der Waals surface area (Å²) in [4.78, 5) is 24.0. The third-order valence-electron chi connectivity index (χ3n) is 5.06. The Morgan fingerprint density at radius 2 is 1.72 bits per heavy atom. The van der Waals surface area contributed by atoms with Gasteiger partial charge in [-0.15, -0.1) is 0 Å². The van der Waals surface area contributed by atoms with Crippen LogP contribution in [0.1, 0.15) is 64.0 Å². The number of ether oxygens (including phenoxy) is 2. The standard InChI is InChI=1S/C27H35NO4/c1-4-6-7-11-22-15-17-23(18-16-22)21(3)20-26(29)28-24-12-8-9-13-25(24)32-19-10-14-27(30)31-5-2/h8-9,12-13,15-18,20H,4-7,10-11,14,19H2,1-3H3,(H,28,29). The number of nitrogens with one attached hydrogen (secondary N) is 1. The average molecular weight is 438 g/mol. The third-order valence-corrected chi connectivity index (χ3v) is 5.06. The fourth-order valence-corrected chi connectivity index (χ4v) is 3.29. The first-order valence-corrected chi connectivity index (χ1v) is 11.5. The lowest BCUT2D eigenvalue weighted by Crippen LogP contribution is -2.11. The Morgan fingerprint density at radius 1 is 0.969 bits per heavy atom. The molecule has 0 saturated carbocycles. The van der Waals surface area contributed by atoms with E-state index in [4.69, 9.17) is 9.47 Å². The van der Waals surface area contributed by atoms with Crippen LogP contribution < -0.4 is 10.1 Å². The molecule has 1 N–H and O–H groups in total. The summed E-state index contributed by atoms with van der Waals surface area (Å²) in [6.07, 6.45) is 7.22. The quantitative estimate of drug-likeness (QED) is 0.231. The number of allylic oxidation sites excluding steroid dienone is 1. The monoisotopic (exact) mass is 437 g/mol. The minimum atomic E-state index is -0.229. The lowest BCUT2D eigenvalue weighted by molar-refractivity contribution is -0.143. The van der Waals surface area contributed by atoms with E-state index in [1.807, 2.05) is 19.1 Å². The van der Waals surface area contributed by atoms with E-state index < -0.39 is 0 Å². The zero-order chi connectivity index (χ0) is 23.2. The summed E-state index contributed by atoms with van der Waals surface area (Å²) in [5.41, 5.74) is 3.86. The number of unbranched alkanes of at least 4 members (excludes halogenated alkanes) is 2. The number of amides is 1. The van der Waals surface area contributed by atoms with Crippen molar-refractivity contribution in [3.8, 4) is 5.75 Å². The number of aryl methyl sites for hydroxylation is 1. The van der Waals surface area contributed by atoms with Crippen molar-refractivity contribution in [2.24, 2.45) is 0 Å². The molecule has 5 nitrogen and oxygen atoms in total. The minimum absolute atomic E-state index is 0.211. The number of benzene rings is 2. The molecule has 0 saturated heterocycles. The Labute approximate surface area is 191 Å². The predicted octanol–water partition coefficient (Wildman–Crippen LogP) is 6.18. The smallest absolute Gasteiger partial charge is 0.305 e. The highest BCUT2D eigenvalue weighted by Crippen LogP contribution is 2.24. The molecule has 0 aliphatic carbocycles. The van der Waals surface area contributed by atoms with Crippen LogP contribution in [-0.2, 0) is 20.7 Å². The van der Waals surface area contributed by atoms with Gasteiger partial charge in [0.05, 0.1) is 18.9 Å². The van der Waals surface area contributed by atoms with Crippen LogP contribution in [-0.4, -0.2) is 25.1 Å². The van der Waals surface area contributed by atoms with Gasteiger partial charge in [0.25, 0.3) is 0 Å². The van der Waals surface area contributed by atoms with Crippen LogP contribution in [0.15, 0.2) is 54.6 Å². The number of hydrogen-bond donors (Lipinski definition) is 1. The summed E-state index contributed by atoms with van der Waals surface area (Å²) < 4.78 is 10.7. The molecule has 0 aliphatic heterocycles. The first-order valence-electron chi connectivity index (χ1n) is 11.5. The fourth-order valence-electron chi connectivity index (χ4n) is 3.29. The maximum atomic E-state index is 12.6. The Bertz CT molecular complexity index is 887. The molecule has 172 valence electrons. The molecule has 0 atom stereocenters. The molecule has 0 aliphatic rings. The van der Waals surface area contributed by atoms with Gasteiger partial charge in [-0.05, 0) is 61.9 Å². The van der Waals surface area contributed by atoms with Crippen molar-refractivity contribution in [3.05, 3.63) is 65.7 Å². The largest absolute Gasteiger partial charge is 0.491 e. The zero-order valence-corrected chi connectivity index (χ0v) is 19.5. The topological polar surface area (TPSA) is 64.6 Å². The molecule has 32 heavy (non-hydrogen) atoms. The van der Waals surface area contributed by atoms with Gasteiger partial charge in [0, 0.05) is 12.5 Å². The molecule has 0 aromatic heterocycles. The van der Waals surface area contributed by atoms with Gasteiger partial charge in [-0.1, -0.05) is 56.2 Å². The van der Waals surface area contributed by atoms with Crippen LogP contribution in [0.3, 0.4) is 0 Å². The van der Waals surface area contributed by atoms with Gasteiger partial charge in [-0.3, -0.25) is 9.59 Å². The minimum Gasteiger partial charge on any atom is -0.491 e. The van der Waals surface area contributed by atoms with Crippen molar-refractivity contribution in [2.75, 3.05) is 18.5 Å². The van der Waals surface area contributed by atoms with Gasteiger partial charge in [0.15, 0.2) is 0 Å². The molecule has 0 heterocycles. The number of para-hydroxylation sites is 2. The summed E-state index contributed by atoms with van der Waals surface area (Å²) in [5.74, 6) is 0.136. The first kappa shape index (κ1) is 25.2. The molecule has 0 fully saturated rings. The molecule has 1 amide bonds. The van der Waals surface area contributed by atoms with Crippen molar-refractivity contribution in [2.45, 2.75) is 59.3 Å².